The zero-order valence-electron chi connectivity index (χ0n) is 14.7. The van der Waals surface area contributed by atoms with Gasteiger partial charge in [0.2, 0.25) is 0 Å². The number of ether oxygens (including phenoxy) is 1. The highest BCUT2D eigenvalue weighted by Gasteiger charge is 2.27. The number of aromatic nitrogens is 2. The quantitative estimate of drug-likeness (QED) is 0.605. The predicted molar refractivity (Wildman–Crippen MR) is 105 cm³/mol. The van der Waals surface area contributed by atoms with Crippen LogP contribution in [-0.2, 0) is 7.05 Å². The van der Waals surface area contributed by atoms with E-state index < -0.39 is 0 Å². The first-order valence-corrected chi connectivity index (χ1v) is 9.04. The summed E-state index contributed by atoms with van der Waals surface area (Å²) in [6, 6.07) is 17.3. The summed E-state index contributed by atoms with van der Waals surface area (Å²) < 4.78 is 8.18. The van der Waals surface area contributed by atoms with E-state index in [0.29, 0.717) is 6.04 Å². The van der Waals surface area contributed by atoms with Crippen molar-refractivity contribution in [1.29, 1.82) is 0 Å². The SMILES string of the molecule is Cn1c2ccncc2c2ccc(-c3ccc(O[C@H]4C[C@H](N)C4)cc3)cc21. The maximum absolute atomic E-state index is 5.95. The minimum absolute atomic E-state index is 0.275. The minimum Gasteiger partial charge on any atom is -0.490 e. The van der Waals surface area contributed by atoms with Crippen molar-refractivity contribution in [2.75, 3.05) is 0 Å². The summed E-state index contributed by atoms with van der Waals surface area (Å²) in [5.41, 5.74) is 10.6. The van der Waals surface area contributed by atoms with Gasteiger partial charge >= 0.3 is 0 Å². The number of nitrogens with zero attached hydrogens (tertiary/aromatic N) is 2. The lowest BCUT2D eigenvalue weighted by Crippen LogP contribution is -2.43. The van der Waals surface area contributed by atoms with Crippen LogP contribution in [0.2, 0.25) is 0 Å². The second-order valence-corrected chi connectivity index (χ2v) is 7.18. The van der Waals surface area contributed by atoms with Crippen molar-refractivity contribution in [1.82, 2.24) is 9.55 Å². The molecule has 0 atom stereocenters. The smallest absolute Gasteiger partial charge is 0.119 e. The van der Waals surface area contributed by atoms with Crippen molar-refractivity contribution >= 4 is 21.8 Å². The second-order valence-electron chi connectivity index (χ2n) is 7.18. The Hall–Kier alpha value is -2.85. The topological polar surface area (TPSA) is 53.1 Å². The Morgan fingerprint density at radius 2 is 1.73 bits per heavy atom. The summed E-state index contributed by atoms with van der Waals surface area (Å²) in [6.45, 7) is 0. The van der Waals surface area contributed by atoms with E-state index in [-0.39, 0.29) is 6.10 Å². The van der Waals surface area contributed by atoms with E-state index in [1.807, 2.05) is 12.4 Å². The van der Waals surface area contributed by atoms with E-state index in [9.17, 15) is 0 Å². The molecule has 26 heavy (non-hydrogen) atoms. The first kappa shape index (κ1) is 15.4. The Bertz CT molecular complexity index is 1090. The largest absolute Gasteiger partial charge is 0.490 e. The van der Waals surface area contributed by atoms with Crippen molar-refractivity contribution < 1.29 is 4.74 Å². The monoisotopic (exact) mass is 343 g/mol. The van der Waals surface area contributed by atoms with E-state index in [4.69, 9.17) is 10.5 Å². The van der Waals surface area contributed by atoms with E-state index in [1.165, 1.54) is 32.9 Å². The highest BCUT2D eigenvalue weighted by molar-refractivity contribution is 6.08. The summed E-state index contributed by atoms with van der Waals surface area (Å²) in [5, 5.41) is 2.43. The number of fused-ring (bicyclic) bond motifs is 3. The van der Waals surface area contributed by atoms with Crippen LogP contribution in [0.5, 0.6) is 5.75 Å². The van der Waals surface area contributed by atoms with Gasteiger partial charge in [-0.2, -0.15) is 0 Å². The molecule has 4 heteroatoms. The average Bonchev–Trinajstić information content (AvgIpc) is 2.94. The molecule has 0 bridgehead atoms. The molecule has 0 radical (unpaired) electrons. The predicted octanol–water partition coefficient (Wildman–Crippen LogP) is 4.26. The van der Waals surface area contributed by atoms with Crippen LogP contribution >= 0.6 is 0 Å². The van der Waals surface area contributed by atoms with E-state index >= 15 is 0 Å². The Balaban J connectivity index is 1.48. The normalized spacial score (nSPS) is 19.6. The van der Waals surface area contributed by atoms with Gasteiger partial charge in [0, 0.05) is 41.8 Å². The summed E-state index contributed by atoms with van der Waals surface area (Å²) >= 11 is 0. The molecule has 0 saturated heterocycles. The summed E-state index contributed by atoms with van der Waals surface area (Å²) in [5.74, 6) is 0.919. The third-order valence-corrected chi connectivity index (χ3v) is 5.43. The van der Waals surface area contributed by atoms with Gasteiger partial charge < -0.3 is 15.0 Å². The first-order chi connectivity index (χ1) is 12.7. The molecule has 0 aliphatic heterocycles. The van der Waals surface area contributed by atoms with Gasteiger partial charge in [-0.25, -0.2) is 0 Å². The molecule has 1 fully saturated rings. The van der Waals surface area contributed by atoms with Crippen LogP contribution < -0.4 is 10.5 Å². The van der Waals surface area contributed by atoms with Gasteiger partial charge in [-0.3, -0.25) is 4.98 Å². The average molecular weight is 343 g/mol. The van der Waals surface area contributed by atoms with Gasteiger partial charge in [0.05, 0.1) is 5.52 Å². The maximum Gasteiger partial charge on any atom is 0.119 e. The molecule has 130 valence electrons. The van der Waals surface area contributed by atoms with Crippen LogP contribution in [0.4, 0.5) is 0 Å². The number of hydrogen-bond acceptors (Lipinski definition) is 3. The van der Waals surface area contributed by atoms with Gasteiger partial charge in [-0.1, -0.05) is 24.3 Å². The highest BCUT2D eigenvalue weighted by Crippen LogP contribution is 2.32. The van der Waals surface area contributed by atoms with Crippen molar-refractivity contribution in [2.45, 2.75) is 25.0 Å². The summed E-state index contributed by atoms with van der Waals surface area (Å²) in [4.78, 5) is 4.27. The molecule has 0 spiro atoms. The molecule has 5 rings (SSSR count). The highest BCUT2D eigenvalue weighted by atomic mass is 16.5. The van der Waals surface area contributed by atoms with Crippen LogP contribution in [-0.4, -0.2) is 21.7 Å². The molecule has 2 aromatic heterocycles. The molecule has 0 amide bonds. The summed E-state index contributed by atoms with van der Waals surface area (Å²) in [6.07, 6.45) is 5.96. The number of benzene rings is 2. The standard InChI is InChI=1S/C22H21N3O/c1-25-21-8-9-24-13-20(21)19-7-4-15(10-22(19)25)14-2-5-17(6-3-14)26-18-11-16(23)12-18/h2-10,13,16,18H,11-12,23H2,1H3/t16-,18-. The van der Waals surface area contributed by atoms with Gasteiger partial charge in [0.1, 0.15) is 11.9 Å². The Morgan fingerprint density at radius 3 is 2.50 bits per heavy atom. The molecule has 4 aromatic rings. The Morgan fingerprint density at radius 1 is 0.962 bits per heavy atom. The zero-order valence-corrected chi connectivity index (χ0v) is 14.7. The number of aryl methyl sites for hydroxylation is 1. The number of rotatable bonds is 3. The number of hydrogen-bond donors (Lipinski definition) is 1. The van der Waals surface area contributed by atoms with Crippen molar-refractivity contribution in [3.8, 4) is 16.9 Å². The molecule has 1 aliphatic rings. The first-order valence-electron chi connectivity index (χ1n) is 9.04. The maximum atomic E-state index is 5.95. The van der Waals surface area contributed by atoms with Crippen LogP contribution in [0.25, 0.3) is 32.9 Å². The van der Waals surface area contributed by atoms with Gasteiger partial charge in [0.15, 0.2) is 0 Å². The van der Waals surface area contributed by atoms with Crippen LogP contribution in [0.15, 0.2) is 60.9 Å². The Labute approximate surface area is 152 Å². The molecule has 2 N–H and O–H groups in total. The number of pyridine rings is 1. The van der Waals surface area contributed by atoms with Crippen molar-refractivity contribution in [3.63, 3.8) is 0 Å². The molecule has 2 aromatic carbocycles. The molecule has 0 unspecified atom stereocenters. The fraction of sp³-hybridized carbons (Fsp3) is 0.227. The molecule has 4 nitrogen and oxygen atoms in total. The van der Waals surface area contributed by atoms with Gasteiger partial charge in [-0.15, -0.1) is 0 Å². The van der Waals surface area contributed by atoms with E-state index in [1.54, 1.807) is 0 Å². The van der Waals surface area contributed by atoms with Gasteiger partial charge in [-0.05, 0) is 48.2 Å². The molecule has 1 saturated carbocycles. The zero-order chi connectivity index (χ0) is 17.7. The van der Waals surface area contributed by atoms with Gasteiger partial charge in [0.25, 0.3) is 0 Å². The van der Waals surface area contributed by atoms with Crippen LogP contribution in [0, 0.1) is 0 Å². The van der Waals surface area contributed by atoms with Crippen LogP contribution in [0.1, 0.15) is 12.8 Å². The van der Waals surface area contributed by atoms with E-state index in [0.717, 1.165) is 18.6 Å². The lowest BCUT2D eigenvalue weighted by atomic mass is 9.90. The second kappa shape index (κ2) is 5.85. The van der Waals surface area contributed by atoms with Crippen molar-refractivity contribution in [3.05, 3.63) is 60.9 Å². The number of nitrogens with two attached hydrogens (primary N) is 1. The third-order valence-electron chi connectivity index (χ3n) is 5.43. The molecular weight excluding hydrogens is 322 g/mol. The lowest BCUT2D eigenvalue weighted by molar-refractivity contribution is 0.101. The fourth-order valence-corrected chi connectivity index (χ4v) is 3.85. The third kappa shape index (κ3) is 2.45. The molecule has 1 aliphatic carbocycles. The molecular formula is C22H21N3O. The fourth-order valence-electron chi connectivity index (χ4n) is 3.85. The lowest BCUT2D eigenvalue weighted by Gasteiger charge is -2.32. The summed E-state index contributed by atoms with van der Waals surface area (Å²) in [7, 11) is 2.11. The molecule has 2 heterocycles. The van der Waals surface area contributed by atoms with E-state index in [2.05, 4.69) is 65.1 Å². The van der Waals surface area contributed by atoms with Crippen LogP contribution in [0.3, 0.4) is 0 Å². The van der Waals surface area contributed by atoms with Crippen molar-refractivity contribution in [2.24, 2.45) is 12.8 Å². The Kier molecular flexibility index (Phi) is 3.47. The minimum atomic E-state index is 0.275.